The van der Waals surface area contributed by atoms with Crippen LogP contribution in [0.3, 0.4) is 0 Å². The molecule has 0 bridgehead atoms. The molecule has 4 rings (SSSR count). The predicted octanol–water partition coefficient (Wildman–Crippen LogP) is 1.61. The Morgan fingerprint density at radius 2 is 1.84 bits per heavy atom. The summed E-state index contributed by atoms with van der Waals surface area (Å²) in [6.45, 7) is 16.4. The van der Waals surface area contributed by atoms with Crippen LogP contribution in [0.5, 0.6) is 0 Å². The van der Waals surface area contributed by atoms with Crippen molar-refractivity contribution in [2.75, 3.05) is 32.8 Å². The summed E-state index contributed by atoms with van der Waals surface area (Å²) in [5.74, 6) is -1.67. The molecule has 37 heavy (non-hydrogen) atoms. The number of aliphatic hydroxyl groups excluding tert-OH is 2. The Morgan fingerprint density at radius 1 is 1.19 bits per heavy atom. The molecule has 4 unspecified atom stereocenters. The normalized spacial score (nSPS) is 46.0. The van der Waals surface area contributed by atoms with Crippen molar-refractivity contribution < 1.29 is 39.1 Å². The lowest BCUT2D eigenvalue weighted by molar-refractivity contribution is -0.370. The van der Waals surface area contributed by atoms with E-state index in [1.807, 2.05) is 13.8 Å². The monoisotopic (exact) mass is 523 g/mol. The molecule has 210 valence electrons. The lowest BCUT2D eigenvalue weighted by Crippen LogP contribution is -2.86. The first-order valence-corrected chi connectivity index (χ1v) is 13.6. The molecule has 0 radical (unpaired) electrons. The van der Waals surface area contributed by atoms with Gasteiger partial charge < -0.3 is 29.5 Å². The minimum Gasteiger partial charge on any atom is -0.459 e. The second kappa shape index (κ2) is 9.68. The van der Waals surface area contributed by atoms with Crippen molar-refractivity contribution in [1.82, 2.24) is 4.90 Å². The van der Waals surface area contributed by atoms with E-state index in [9.17, 15) is 24.9 Å². The third-order valence-corrected chi connectivity index (χ3v) is 9.96. The van der Waals surface area contributed by atoms with E-state index in [1.165, 1.54) is 13.0 Å². The molecule has 0 aromatic heterocycles. The Balaban J connectivity index is 1.68. The number of aliphatic hydroxyl groups is 3. The molecular weight excluding hydrogens is 478 g/mol. The SMILES string of the molecule is C=C[C@@]1(C)CC(=O)[C@]2(O)C3(C)C(C(OC(=O)CCCN4CCOCC4)C(O)[C@@]2(C)O1)C(C)(C)CC[C@@H]3O. The van der Waals surface area contributed by atoms with Gasteiger partial charge in [0.1, 0.15) is 17.8 Å². The number of morpholine rings is 1. The molecule has 2 saturated heterocycles. The molecular formula is C28H45NO8. The zero-order valence-electron chi connectivity index (χ0n) is 23.0. The summed E-state index contributed by atoms with van der Waals surface area (Å²) in [6, 6.07) is 0. The van der Waals surface area contributed by atoms with Crippen LogP contribution < -0.4 is 0 Å². The highest BCUT2D eigenvalue weighted by atomic mass is 16.6. The van der Waals surface area contributed by atoms with Crippen molar-refractivity contribution in [2.45, 2.75) is 102 Å². The van der Waals surface area contributed by atoms with Crippen LogP contribution in [-0.4, -0.2) is 99.9 Å². The topological polar surface area (TPSA) is 126 Å². The summed E-state index contributed by atoms with van der Waals surface area (Å²) in [5, 5.41) is 35.6. The maximum absolute atomic E-state index is 13.8. The molecule has 2 aliphatic carbocycles. The Hall–Kier alpha value is -1.36. The second-order valence-corrected chi connectivity index (χ2v) is 12.8. The zero-order valence-corrected chi connectivity index (χ0v) is 23.0. The van der Waals surface area contributed by atoms with Gasteiger partial charge in [-0.2, -0.15) is 0 Å². The minimum atomic E-state index is -2.21. The molecule has 0 aromatic carbocycles. The number of fused-ring (bicyclic) bond motifs is 3. The van der Waals surface area contributed by atoms with E-state index in [4.69, 9.17) is 14.2 Å². The first kappa shape index (κ1) is 28.6. The minimum absolute atomic E-state index is 0.142. The third kappa shape index (κ3) is 4.30. The molecule has 4 aliphatic rings. The Labute approximate surface area is 220 Å². The van der Waals surface area contributed by atoms with E-state index < -0.39 is 63.6 Å². The third-order valence-electron chi connectivity index (χ3n) is 9.96. The highest BCUT2D eigenvalue weighted by Crippen LogP contribution is 2.67. The lowest BCUT2D eigenvalue weighted by atomic mass is 9.40. The smallest absolute Gasteiger partial charge is 0.306 e. The zero-order chi connectivity index (χ0) is 27.4. The number of ketones is 1. The number of carbonyl (C=O) groups is 2. The fourth-order valence-electron chi connectivity index (χ4n) is 7.89. The van der Waals surface area contributed by atoms with Crippen molar-refractivity contribution in [3.8, 4) is 0 Å². The van der Waals surface area contributed by atoms with Crippen LogP contribution in [0.1, 0.15) is 66.7 Å². The predicted molar refractivity (Wildman–Crippen MR) is 136 cm³/mol. The van der Waals surface area contributed by atoms with E-state index in [0.29, 0.717) is 32.5 Å². The number of ether oxygens (including phenoxy) is 3. The molecule has 0 aromatic rings. The van der Waals surface area contributed by atoms with Gasteiger partial charge in [-0.25, -0.2) is 0 Å². The van der Waals surface area contributed by atoms with Crippen LogP contribution in [0, 0.1) is 16.7 Å². The fraction of sp³-hybridized carbons (Fsp3) is 0.857. The molecule has 8 atom stereocenters. The average Bonchev–Trinajstić information content (AvgIpc) is 2.83. The van der Waals surface area contributed by atoms with Crippen molar-refractivity contribution >= 4 is 11.8 Å². The maximum atomic E-state index is 13.8. The van der Waals surface area contributed by atoms with E-state index in [0.717, 1.165) is 19.6 Å². The number of Topliss-reactive ketones (excluding diaryl/α,β-unsaturated/α-hetero) is 1. The first-order valence-electron chi connectivity index (χ1n) is 13.6. The van der Waals surface area contributed by atoms with Gasteiger partial charge in [0.05, 0.1) is 24.9 Å². The summed E-state index contributed by atoms with van der Waals surface area (Å²) >= 11 is 0. The number of hydrogen-bond acceptors (Lipinski definition) is 9. The number of esters is 1. The lowest BCUT2D eigenvalue weighted by Gasteiger charge is -2.71. The van der Waals surface area contributed by atoms with Gasteiger partial charge in [0.15, 0.2) is 11.4 Å². The summed E-state index contributed by atoms with van der Waals surface area (Å²) in [7, 11) is 0. The largest absolute Gasteiger partial charge is 0.459 e. The molecule has 4 fully saturated rings. The molecule has 2 aliphatic heterocycles. The van der Waals surface area contributed by atoms with Gasteiger partial charge in [0.2, 0.25) is 0 Å². The quantitative estimate of drug-likeness (QED) is 0.352. The van der Waals surface area contributed by atoms with Gasteiger partial charge in [-0.3, -0.25) is 14.5 Å². The van der Waals surface area contributed by atoms with Crippen LogP contribution in [0.25, 0.3) is 0 Å². The van der Waals surface area contributed by atoms with Crippen molar-refractivity contribution in [3.05, 3.63) is 12.7 Å². The van der Waals surface area contributed by atoms with Gasteiger partial charge in [-0.15, -0.1) is 6.58 Å². The average molecular weight is 524 g/mol. The molecule has 0 amide bonds. The van der Waals surface area contributed by atoms with Gasteiger partial charge in [-0.05, 0) is 45.1 Å². The highest BCUT2D eigenvalue weighted by Gasteiger charge is 2.81. The number of nitrogens with zero attached hydrogens (tertiary/aromatic N) is 1. The van der Waals surface area contributed by atoms with Gasteiger partial charge in [0.25, 0.3) is 0 Å². The summed E-state index contributed by atoms with van der Waals surface area (Å²) < 4.78 is 17.8. The number of carbonyl (C=O) groups excluding carboxylic acids is 2. The van der Waals surface area contributed by atoms with Crippen molar-refractivity contribution in [3.63, 3.8) is 0 Å². The Kier molecular flexibility index (Phi) is 7.49. The van der Waals surface area contributed by atoms with E-state index >= 15 is 0 Å². The van der Waals surface area contributed by atoms with E-state index in [-0.39, 0.29) is 12.8 Å². The molecule has 9 heteroatoms. The summed E-state index contributed by atoms with van der Waals surface area (Å²) in [4.78, 5) is 29.2. The highest BCUT2D eigenvalue weighted by molar-refractivity contribution is 5.92. The summed E-state index contributed by atoms with van der Waals surface area (Å²) in [5.41, 5.74) is -7.16. The Morgan fingerprint density at radius 3 is 2.46 bits per heavy atom. The van der Waals surface area contributed by atoms with Crippen molar-refractivity contribution in [2.24, 2.45) is 16.7 Å². The van der Waals surface area contributed by atoms with Gasteiger partial charge >= 0.3 is 5.97 Å². The van der Waals surface area contributed by atoms with Gasteiger partial charge in [0, 0.05) is 37.3 Å². The first-order chi connectivity index (χ1) is 17.2. The molecule has 0 spiro atoms. The van der Waals surface area contributed by atoms with Crippen LogP contribution >= 0.6 is 0 Å². The van der Waals surface area contributed by atoms with Gasteiger partial charge in [-0.1, -0.05) is 26.8 Å². The van der Waals surface area contributed by atoms with Crippen LogP contribution in [0.15, 0.2) is 12.7 Å². The molecule has 2 saturated carbocycles. The number of rotatable bonds is 6. The molecule has 3 N–H and O–H groups in total. The maximum Gasteiger partial charge on any atom is 0.306 e. The second-order valence-electron chi connectivity index (χ2n) is 12.8. The summed E-state index contributed by atoms with van der Waals surface area (Å²) in [6.07, 6.45) is -0.604. The van der Waals surface area contributed by atoms with Crippen LogP contribution in [-0.2, 0) is 23.8 Å². The number of hydrogen-bond donors (Lipinski definition) is 3. The molecule has 2 heterocycles. The standard InChI is InChI=1S/C28H45NO8/c1-7-25(4)17-19(31)28(34)26(5)18(30)10-11-24(2,3)22(26)21(23(33)27(28,6)37-25)36-20(32)9-8-12-29-13-15-35-16-14-29/h7,18,21-23,30,33-34H,1,8-17H2,2-6H3/t18-,21?,22?,23?,25-,26?,27+,28-/m0/s1. The Bertz CT molecular complexity index is 918. The van der Waals surface area contributed by atoms with Crippen LogP contribution in [0.2, 0.25) is 0 Å². The van der Waals surface area contributed by atoms with Crippen molar-refractivity contribution in [1.29, 1.82) is 0 Å². The molecule has 9 nitrogen and oxygen atoms in total. The fourth-order valence-corrected chi connectivity index (χ4v) is 7.89. The van der Waals surface area contributed by atoms with E-state index in [1.54, 1.807) is 13.8 Å². The van der Waals surface area contributed by atoms with Crippen LogP contribution in [0.4, 0.5) is 0 Å². The van der Waals surface area contributed by atoms with E-state index in [2.05, 4.69) is 11.5 Å².